The number of carbonyl (C=O) groups excluding carboxylic acids is 1. The number of pyridine rings is 1. The third-order valence-corrected chi connectivity index (χ3v) is 4.41. The summed E-state index contributed by atoms with van der Waals surface area (Å²) in [5, 5.41) is 6.86. The first-order valence-electron chi connectivity index (χ1n) is 9.84. The fourth-order valence-corrected chi connectivity index (χ4v) is 2.84. The van der Waals surface area contributed by atoms with Crippen molar-refractivity contribution in [3.05, 3.63) is 90.0 Å². The second-order valence-electron chi connectivity index (χ2n) is 6.65. The molecule has 0 saturated heterocycles. The smallest absolute Gasteiger partial charge is 0.342 e. The molecule has 4 rings (SSSR count). The largest absolute Gasteiger partial charge is 0.495 e. The Bertz CT molecular complexity index is 1230. The summed E-state index contributed by atoms with van der Waals surface area (Å²) in [6.07, 6.45) is 1.56. The van der Waals surface area contributed by atoms with Crippen molar-refractivity contribution >= 4 is 17.5 Å². The van der Waals surface area contributed by atoms with Crippen LogP contribution in [0.25, 0.3) is 0 Å². The van der Waals surface area contributed by atoms with Crippen molar-refractivity contribution in [3.8, 4) is 11.5 Å². The Morgan fingerprint density at radius 1 is 1.06 bits per heavy atom. The second-order valence-corrected chi connectivity index (χ2v) is 6.65. The highest BCUT2D eigenvalue weighted by molar-refractivity contribution is 5.95. The van der Waals surface area contributed by atoms with E-state index >= 15 is 0 Å². The number of para-hydroxylation sites is 2. The van der Waals surface area contributed by atoms with Gasteiger partial charge < -0.3 is 24.1 Å². The Morgan fingerprint density at radius 2 is 1.88 bits per heavy atom. The van der Waals surface area contributed by atoms with E-state index in [-0.39, 0.29) is 36.3 Å². The Kier molecular flexibility index (Phi) is 6.74. The van der Waals surface area contributed by atoms with Crippen molar-refractivity contribution in [2.24, 2.45) is 0 Å². The molecule has 168 valence electrons. The molecule has 0 fully saturated rings. The van der Waals surface area contributed by atoms with Crippen LogP contribution in [0.2, 0.25) is 0 Å². The van der Waals surface area contributed by atoms with E-state index in [0.717, 1.165) is 0 Å². The molecule has 2 aromatic heterocycles. The molecular formula is C23H19FN4O5. The highest BCUT2D eigenvalue weighted by Crippen LogP contribution is 2.27. The first-order valence-corrected chi connectivity index (χ1v) is 9.84. The minimum Gasteiger partial charge on any atom is -0.495 e. The number of carbonyl (C=O) groups is 1. The summed E-state index contributed by atoms with van der Waals surface area (Å²) in [4.78, 5) is 21.0. The van der Waals surface area contributed by atoms with Gasteiger partial charge in [-0.05, 0) is 48.5 Å². The Labute approximate surface area is 188 Å². The molecule has 1 N–H and O–H groups in total. The zero-order valence-electron chi connectivity index (χ0n) is 17.5. The van der Waals surface area contributed by atoms with Crippen molar-refractivity contribution < 1.29 is 27.9 Å². The summed E-state index contributed by atoms with van der Waals surface area (Å²) >= 11 is 0. The molecule has 0 unspecified atom stereocenters. The lowest BCUT2D eigenvalue weighted by Crippen LogP contribution is -2.10. The predicted molar refractivity (Wildman–Crippen MR) is 115 cm³/mol. The van der Waals surface area contributed by atoms with Crippen LogP contribution in [0.5, 0.6) is 11.5 Å². The molecule has 0 aliphatic rings. The quantitative estimate of drug-likeness (QED) is 0.374. The van der Waals surface area contributed by atoms with Gasteiger partial charge in [0.05, 0.1) is 12.8 Å². The molecular weight excluding hydrogens is 431 g/mol. The van der Waals surface area contributed by atoms with Crippen molar-refractivity contribution in [2.75, 3.05) is 12.4 Å². The first kappa shape index (κ1) is 21.8. The number of methoxy groups -OCH3 is 1. The number of anilines is 2. The number of esters is 1. The van der Waals surface area contributed by atoms with Crippen LogP contribution >= 0.6 is 0 Å². The van der Waals surface area contributed by atoms with Crippen LogP contribution < -0.4 is 14.8 Å². The zero-order valence-corrected chi connectivity index (χ0v) is 17.5. The Balaban J connectivity index is 1.36. The van der Waals surface area contributed by atoms with Gasteiger partial charge in [-0.25, -0.2) is 14.2 Å². The fourth-order valence-electron chi connectivity index (χ4n) is 2.84. The van der Waals surface area contributed by atoms with Gasteiger partial charge in [0.15, 0.2) is 13.2 Å². The predicted octanol–water partition coefficient (Wildman–Crippen LogP) is 4.29. The van der Waals surface area contributed by atoms with Crippen LogP contribution in [0.1, 0.15) is 22.1 Å². The number of nitrogens with one attached hydrogen (secondary N) is 1. The molecule has 0 atom stereocenters. The van der Waals surface area contributed by atoms with E-state index < -0.39 is 5.97 Å². The molecule has 4 aromatic rings. The van der Waals surface area contributed by atoms with Crippen molar-refractivity contribution in [1.82, 2.24) is 15.1 Å². The van der Waals surface area contributed by atoms with Gasteiger partial charge in [0.25, 0.3) is 5.89 Å². The Morgan fingerprint density at radius 3 is 2.70 bits per heavy atom. The minimum absolute atomic E-state index is 0.0126. The van der Waals surface area contributed by atoms with Gasteiger partial charge >= 0.3 is 5.97 Å². The molecule has 2 aromatic carbocycles. The Hall–Kier alpha value is -4.47. The van der Waals surface area contributed by atoms with E-state index in [0.29, 0.717) is 23.0 Å². The number of aromatic nitrogens is 3. The average molecular weight is 450 g/mol. The van der Waals surface area contributed by atoms with E-state index in [4.69, 9.17) is 18.7 Å². The highest BCUT2D eigenvalue weighted by Gasteiger charge is 2.17. The molecule has 0 aliphatic heterocycles. The molecule has 0 amide bonds. The zero-order chi connectivity index (χ0) is 23.0. The number of rotatable bonds is 9. The summed E-state index contributed by atoms with van der Waals surface area (Å²) in [6.45, 7) is -0.218. The van der Waals surface area contributed by atoms with Crippen LogP contribution in [0, 0.1) is 5.82 Å². The number of hydrogen-bond acceptors (Lipinski definition) is 9. The average Bonchev–Trinajstić information content (AvgIpc) is 3.31. The van der Waals surface area contributed by atoms with Gasteiger partial charge in [0, 0.05) is 6.20 Å². The maximum atomic E-state index is 12.9. The normalized spacial score (nSPS) is 10.5. The van der Waals surface area contributed by atoms with Gasteiger partial charge in [-0.1, -0.05) is 17.3 Å². The van der Waals surface area contributed by atoms with Gasteiger partial charge in [-0.2, -0.15) is 4.98 Å². The monoisotopic (exact) mass is 450 g/mol. The maximum Gasteiger partial charge on any atom is 0.342 e. The summed E-state index contributed by atoms with van der Waals surface area (Å²) in [5.41, 5.74) is 0.873. The number of benzene rings is 2. The molecule has 0 radical (unpaired) electrons. The van der Waals surface area contributed by atoms with Gasteiger partial charge in [-0.15, -0.1) is 0 Å². The lowest BCUT2D eigenvalue weighted by Gasteiger charge is -2.12. The number of hydrogen-bond donors (Lipinski definition) is 1. The highest BCUT2D eigenvalue weighted by atomic mass is 19.1. The SMILES string of the molecule is COc1ccccc1Nc1ncccc1C(=O)OCc1nc(COc2ccc(F)cc2)no1. The molecule has 0 spiro atoms. The fraction of sp³-hybridized carbons (Fsp3) is 0.130. The lowest BCUT2D eigenvalue weighted by atomic mass is 10.2. The first-order chi connectivity index (χ1) is 16.1. The molecule has 2 heterocycles. The van der Waals surface area contributed by atoms with Crippen LogP contribution in [-0.4, -0.2) is 28.2 Å². The van der Waals surface area contributed by atoms with Gasteiger partial charge in [0.1, 0.15) is 28.7 Å². The van der Waals surface area contributed by atoms with Crippen LogP contribution in [0.4, 0.5) is 15.9 Å². The maximum absolute atomic E-state index is 12.9. The number of ether oxygens (including phenoxy) is 3. The molecule has 10 heteroatoms. The van der Waals surface area contributed by atoms with Gasteiger partial charge in [0.2, 0.25) is 5.82 Å². The van der Waals surface area contributed by atoms with E-state index in [1.165, 1.54) is 24.3 Å². The minimum atomic E-state index is -0.622. The van der Waals surface area contributed by atoms with Crippen molar-refractivity contribution in [2.45, 2.75) is 13.2 Å². The summed E-state index contributed by atoms with van der Waals surface area (Å²) in [7, 11) is 1.55. The molecule has 33 heavy (non-hydrogen) atoms. The van der Waals surface area contributed by atoms with E-state index in [9.17, 15) is 9.18 Å². The topological polar surface area (TPSA) is 109 Å². The van der Waals surface area contributed by atoms with E-state index in [1.807, 2.05) is 12.1 Å². The van der Waals surface area contributed by atoms with E-state index in [1.54, 1.807) is 37.6 Å². The third-order valence-electron chi connectivity index (χ3n) is 4.41. The standard InChI is InChI=1S/C23H19FN4O5/c1-30-19-7-3-2-6-18(19)26-22-17(5-4-12-25-22)23(29)32-14-21-27-20(28-33-21)13-31-16-10-8-15(24)9-11-16/h2-12H,13-14H2,1H3,(H,25,26). The summed E-state index contributed by atoms with van der Waals surface area (Å²) in [5.74, 6) is 0.744. The van der Waals surface area contributed by atoms with Crippen LogP contribution in [0.15, 0.2) is 71.4 Å². The number of nitrogens with zero attached hydrogens (tertiary/aromatic N) is 3. The van der Waals surface area contributed by atoms with Crippen molar-refractivity contribution in [3.63, 3.8) is 0 Å². The lowest BCUT2D eigenvalue weighted by molar-refractivity contribution is 0.0430. The van der Waals surface area contributed by atoms with Crippen molar-refractivity contribution in [1.29, 1.82) is 0 Å². The van der Waals surface area contributed by atoms with Crippen LogP contribution in [0.3, 0.4) is 0 Å². The number of halogens is 1. The molecule has 9 nitrogen and oxygen atoms in total. The second kappa shape index (κ2) is 10.2. The molecule has 0 bridgehead atoms. The molecule has 0 aliphatic carbocycles. The van der Waals surface area contributed by atoms with Gasteiger partial charge in [-0.3, -0.25) is 0 Å². The third kappa shape index (κ3) is 5.62. The summed E-state index contributed by atoms with van der Waals surface area (Å²) < 4.78 is 34.1. The molecule has 0 saturated carbocycles. The summed E-state index contributed by atoms with van der Waals surface area (Å²) in [6, 6.07) is 16.0. The van der Waals surface area contributed by atoms with E-state index in [2.05, 4.69) is 20.4 Å². The van der Waals surface area contributed by atoms with Crippen LogP contribution in [-0.2, 0) is 18.0 Å².